The highest BCUT2D eigenvalue weighted by atomic mass is 32.2. The molecule has 1 unspecified atom stereocenters. The minimum Gasteiger partial charge on any atom is -0.294 e. The van der Waals surface area contributed by atoms with Crippen molar-refractivity contribution in [3.63, 3.8) is 0 Å². The number of hydrogen-bond donors (Lipinski definition) is 1. The molecular formula is C11H14N2O4S2. The molecule has 0 bridgehead atoms. The average Bonchev–Trinajstić information content (AvgIpc) is 2.83. The summed E-state index contributed by atoms with van der Waals surface area (Å²) in [5, 5.41) is 2.12. The molecule has 2 rings (SSSR count). The molecule has 1 atom stereocenters. The Hall–Kier alpha value is -1.25. The van der Waals surface area contributed by atoms with Crippen molar-refractivity contribution in [1.82, 2.24) is 9.62 Å². The van der Waals surface area contributed by atoms with Gasteiger partial charge in [0.1, 0.15) is 10.3 Å². The molecule has 2 amide bonds. The van der Waals surface area contributed by atoms with Crippen molar-refractivity contribution in [1.29, 1.82) is 0 Å². The Labute approximate surface area is 115 Å². The van der Waals surface area contributed by atoms with E-state index in [0.717, 1.165) is 15.6 Å². The third-order valence-electron chi connectivity index (χ3n) is 2.92. The van der Waals surface area contributed by atoms with Crippen LogP contribution < -0.4 is 5.32 Å². The summed E-state index contributed by atoms with van der Waals surface area (Å²) < 4.78 is 26.0. The molecule has 1 aromatic rings. The first-order valence-corrected chi connectivity index (χ1v) is 8.06. The van der Waals surface area contributed by atoms with Crippen molar-refractivity contribution in [3.8, 4) is 0 Å². The first-order chi connectivity index (χ1) is 8.86. The summed E-state index contributed by atoms with van der Waals surface area (Å²) in [6.07, 6.45) is 0.745. The lowest BCUT2D eigenvalue weighted by Crippen LogP contribution is -2.58. The smallest absolute Gasteiger partial charge is 0.253 e. The Morgan fingerprint density at radius 1 is 1.42 bits per heavy atom. The zero-order valence-corrected chi connectivity index (χ0v) is 12.2. The molecule has 0 spiro atoms. The fraction of sp³-hybridized carbons (Fsp3) is 0.455. The normalized spacial score (nSPS) is 21.5. The number of nitrogens with zero attached hydrogens (tertiary/aromatic N) is 1. The first-order valence-electron chi connectivity index (χ1n) is 5.80. The van der Waals surface area contributed by atoms with Gasteiger partial charge in [0.05, 0.1) is 6.54 Å². The molecule has 1 aliphatic heterocycles. The Balaban J connectivity index is 2.38. The number of aryl methyl sites for hydroxylation is 1. The lowest BCUT2D eigenvalue weighted by atomic mass is 10.2. The van der Waals surface area contributed by atoms with Crippen LogP contribution in [0.3, 0.4) is 0 Å². The van der Waals surface area contributed by atoms with Gasteiger partial charge in [0.2, 0.25) is 11.8 Å². The number of thiophene rings is 1. The van der Waals surface area contributed by atoms with Gasteiger partial charge in [0, 0.05) is 4.88 Å². The summed E-state index contributed by atoms with van der Waals surface area (Å²) in [6, 6.07) is 2.38. The molecule has 0 aliphatic carbocycles. The number of imide groups is 1. The maximum atomic E-state index is 12.4. The van der Waals surface area contributed by atoms with Crippen LogP contribution in [0, 0.1) is 0 Å². The first kappa shape index (κ1) is 14.2. The van der Waals surface area contributed by atoms with Gasteiger partial charge in [-0.25, -0.2) is 8.42 Å². The average molecular weight is 302 g/mol. The molecule has 2 heterocycles. The van der Waals surface area contributed by atoms with Crippen LogP contribution in [-0.4, -0.2) is 37.1 Å². The molecule has 19 heavy (non-hydrogen) atoms. The van der Waals surface area contributed by atoms with Crippen LogP contribution in [0.15, 0.2) is 16.3 Å². The maximum absolute atomic E-state index is 12.4. The van der Waals surface area contributed by atoms with Crippen LogP contribution in [0.5, 0.6) is 0 Å². The van der Waals surface area contributed by atoms with E-state index >= 15 is 0 Å². The number of carbonyl (C=O) groups excluding carboxylic acids is 2. The van der Waals surface area contributed by atoms with E-state index in [4.69, 9.17) is 0 Å². The number of amides is 2. The van der Waals surface area contributed by atoms with Crippen molar-refractivity contribution < 1.29 is 18.0 Å². The van der Waals surface area contributed by atoms with E-state index < -0.39 is 27.9 Å². The van der Waals surface area contributed by atoms with Crippen molar-refractivity contribution >= 4 is 33.2 Å². The van der Waals surface area contributed by atoms with E-state index in [2.05, 4.69) is 5.32 Å². The third kappa shape index (κ3) is 2.56. The van der Waals surface area contributed by atoms with Crippen LogP contribution in [-0.2, 0) is 26.0 Å². The zero-order valence-electron chi connectivity index (χ0n) is 10.5. The van der Waals surface area contributed by atoms with Crippen LogP contribution >= 0.6 is 11.3 Å². The van der Waals surface area contributed by atoms with Crippen LogP contribution in [0.25, 0.3) is 0 Å². The topological polar surface area (TPSA) is 83.6 Å². The monoisotopic (exact) mass is 302 g/mol. The van der Waals surface area contributed by atoms with Crippen molar-refractivity contribution in [2.24, 2.45) is 0 Å². The van der Waals surface area contributed by atoms with Crippen LogP contribution in [0.2, 0.25) is 0 Å². The van der Waals surface area contributed by atoms with E-state index in [-0.39, 0.29) is 10.8 Å². The molecule has 1 fully saturated rings. The molecule has 1 saturated heterocycles. The maximum Gasteiger partial charge on any atom is 0.253 e. The third-order valence-corrected chi connectivity index (χ3v) is 6.54. The Kier molecular flexibility index (Phi) is 3.75. The molecular weight excluding hydrogens is 288 g/mol. The standard InChI is InChI=1S/C11H14N2O4S2/c1-3-8-4-5-10(18-8)19(16,17)13-6-9(14)12-11(15)7(13)2/h4-5,7H,3,6H2,1-2H3,(H,12,14,15). The SMILES string of the molecule is CCc1ccc(S(=O)(=O)N2CC(=O)NC(=O)C2C)s1. The molecule has 1 N–H and O–H groups in total. The van der Waals surface area contributed by atoms with Crippen molar-refractivity contribution in [2.75, 3.05) is 6.54 Å². The molecule has 104 valence electrons. The molecule has 0 aromatic carbocycles. The van der Waals surface area contributed by atoms with Crippen LogP contribution in [0.1, 0.15) is 18.7 Å². The largest absolute Gasteiger partial charge is 0.294 e. The number of carbonyl (C=O) groups is 2. The lowest BCUT2D eigenvalue weighted by molar-refractivity contribution is -0.136. The predicted molar refractivity (Wildman–Crippen MR) is 70.2 cm³/mol. The van der Waals surface area contributed by atoms with Gasteiger partial charge in [0.25, 0.3) is 10.0 Å². The zero-order chi connectivity index (χ0) is 14.2. The van der Waals surface area contributed by atoms with E-state index in [9.17, 15) is 18.0 Å². The lowest BCUT2D eigenvalue weighted by Gasteiger charge is -2.30. The summed E-state index contributed by atoms with van der Waals surface area (Å²) in [6.45, 7) is 3.07. The highest BCUT2D eigenvalue weighted by molar-refractivity contribution is 7.91. The predicted octanol–water partition coefficient (Wildman–Crippen LogP) is 0.346. The molecule has 0 saturated carbocycles. The summed E-state index contributed by atoms with van der Waals surface area (Å²) in [4.78, 5) is 23.8. The fourth-order valence-corrected chi connectivity index (χ4v) is 4.76. The Morgan fingerprint density at radius 2 is 2.11 bits per heavy atom. The number of hydrogen-bond acceptors (Lipinski definition) is 5. The minimum atomic E-state index is -3.80. The molecule has 1 aliphatic rings. The van der Waals surface area contributed by atoms with Gasteiger partial charge in [-0.3, -0.25) is 14.9 Å². The van der Waals surface area contributed by atoms with Gasteiger partial charge in [0.15, 0.2) is 0 Å². The number of piperazine rings is 1. The van der Waals surface area contributed by atoms with Gasteiger partial charge in [-0.15, -0.1) is 11.3 Å². The summed E-state index contributed by atoms with van der Waals surface area (Å²) in [5.41, 5.74) is 0. The van der Waals surface area contributed by atoms with Gasteiger partial charge >= 0.3 is 0 Å². The Morgan fingerprint density at radius 3 is 2.68 bits per heavy atom. The Bertz CT molecular complexity index is 620. The molecule has 0 radical (unpaired) electrons. The second kappa shape index (κ2) is 5.03. The number of rotatable bonds is 3. The highest BCUT2D eigenvalue weighted by Gasteiger charge is 2.39. The molecule has 8 heteroatoms. The number of sulfonamides is 1. The summed E-state index contributed by atoms with van der Waals surface area (Å²) >= 11 is 1.17. The highest BCUT2D eigenvalue weighted by Crippen LogP contribution is 2.27. The van der Waals surface area contributed by atoms with Gasteiger partial charge in [-0.2, -0.15) is 4.31 Å². The molecule has 6 nitrogen and oxygen atoms in total. The second-order valence-electron chi connectivity index (χ2n) is 4.21. The summed E-state index contributed by atoms with van der Waals surface area (Å²) in [5.74, 6) is -1.19. The van der Waals surface area contributed by atoms with E-state index in [0.29, 0.717) is 0 Å². The van der Waals surface area contributed by atoms with E-state index in [1.165, 1.54) is 24.3 Å². The van der Waals surface area contributed by atoms with Gasteiger partial charge < -0.3 is 0 Å². The van der Waals surface area contributed by atoms with Gasteiger partial charge in [-0.1, -0.05) is 6.92 Å². The van der Waals surface area contributed by atoms with Crippen molar-refractivity contribution in [3.05, 3.63) is 17.0 Å². The second-order valence-corrected chi connectivity index (χ2v) is 7.50. The number of nitrogens with one attached hydrogen (secondary N) is 1. The van der Waals surface area contributed by atoms with E-state index in [1.807, 2.05) is 6.92 Å². The molecule has 1 aromatic heterocycles. The van der Waals surface area contributed by atoms with Gasteiger partial charge in [-0.05, 0) is 25.5 Å². The van der Waals surface area contributed by atoms with Crippen LogP contribution in [0.4, 0.5) is 0 Å². The quantitative estimate of drug-likeness (QED) is 0.816. The van der Waals surface area contributed by atoms with E-state index in [1.54, 1.807) is 6.07 Å². The fourth-order valence-electron chi connectivity index (χ4n) is 1.79. The van der Waals surface area contributed by atoms with Crippen molar-refractivity contribution in [2.45, 2.75) is 30.5 Å². The summed E-state index contributed by atoms with van der Waals surface area (Å²) in [7, 11) is -3.80. The minimum absolute atomic E-state index is 0.165.